The summed E-state index contributed by atoms with van der Waals surface area (Å²) in [6, 6.07) is 15.0. The maximum Gasteiger partial charge on any atom is 0.407 e. The van der Waals surface area contributed by atoms with E-state index in [0.29, 0.717) is 18.0 Å². The van der Waals surface area contributed by atoms with Gasteiger partial charge in [0.2, 0.25) is 0 Å². The number of benzene rings is 2. The maximum atomic E-state index is 11.5. The first-order valence-corrected chi connectivity index (χ1v) is 8.20. The molecule has 0 radical (unpaired) electrons. The predicted molar refractivity (Wildman–Crippen MR) is 95.3 cm³/mol. The average Bonchev–Trinajstić information content (AvgIpc) is 2.53. The second-order valence-corrected chi connectivity index (χ2v) is 6.05. The fourth-order valence-corrected chi connectivity index (χ4v) is 2.65. The minimum absolute atomic E-state index is 0.259. The number of nitrogens with one attached hydrogen (secondary N) is 1. The molecule has 3 nitrogen and oxygen atoms in total. The molecule has 0 spiro atoms. The molecule has 0 saturated heterocycles. The summed E-state index contributed by atoms with van der Waals surface area (Å²) >= 11 is 9.31. The van der Waals surface area contributed by atoms with Gasteiger partial charge >= 0.3 is 6.09 Å². The molecule has 1 amide bonds. The highest BCUT2D eigenvalue weighted by Crippen LogP contribution is 2.18. The minimum atomic E-state index is -0.443. The van der Waals surface area contributed by atoms with E-state index in [1.54, 1.807) is 12.1 Å². The Bertz CT molecular complexity index is 703. The van der Waals surface area contributed by atoms with Gasteiger partial charge in [-0.2, -0.15) is 0 Å². The Kier molecular flexibility index (Phi) is 6.99. The number of alkyl carbamates (subject to hydrolysis) is 1. The summed E-state index contributed by atoms with van der Waals surface area (Å²) in [6.45, 7) is 0.692. The van der Waals surface area contributed by atoms with Gasteiger partial charge in [0.15, 0.2) is 0 Å². The molecule has 5 heteroatoms. The smallest absolute Gasteiger partial charge is 0.407 e. The summed E-state index contributed by atoms with van der Waals surface area (Å²) < 4.78 is 5.99. The van der Waals surface area contributed by atoms with Crippen LogP contribution in [-0.4, -0.2) is 12.6 Å². The molecule has 23 heavy (non-hydrogen) atoms. The Morgan fingerprint density at radius 3 is 2.74 bits per heavy atom. The number of amides is 1. The largest absolute Gasteiger partial charge is 0.445 e. The quantitative estimate of drug-likeness (QED) is 0.601. The van der Waals surface area contributed by atoms with Crippen molar-refractivity contribution >= 4 is 33.6 Å². The molecule has 1 N–H and O–H groups in total. The van der Waals surface area contributed by atoms with E-state index in [-0.39, 0.29) is 6.61 Å². The molecule has 0 saturated carbocycles. The Morgan fingerprint density at radius 2 is 2.00 bits per heavy atom. The van der Waals surface area contributed by atoms with Gasteiger partial charge in [0.25, 0.3) is 0 Å². The van der Waals surface area contributed by atoms with E-state index in [1.807, 2.05) is 36.4 Å². The van der Waals surface area contributed by atoms with Gasteiger partial charge in [0, 0.05) is 28.0 Å². The van der Waals surface area contributed by atoms with E-state index in [2.05, 4.69) is 33.1 Å². The molecule has 0 bridgehead atoms. The summed E-state index contributed by atoms with van der Waals surface area (Å²) in [5.41, 5.74) is 1.78. The van der Waals surface area contributed by atoms with E-state index in [4.69, 9.17) is 16.3 Å². The highest BCUT2D eigenvalue weighted by atomic mass is 79.9. The fourth-order valence-electron chi connectivity index (χ4n) is 1.79. The van der Waals surface area contributed by atoms with Crippen LogP contribution in [0.3, 0.4) is 0 Å². The number of carbonyl (C=O) groups is 1. The first kappa shape index (κ1) is 17.4. The van der Waals surface area contributed by atoms with Crippen LogP contribution in [0.5, 0.6) is 0 Å². The number of hydrogen-bond acceptors (Lipinski definition) is 2. The molecule has 0 aliphatic carbocycles. The molecule has 0 aliphatic heterocycles. The van der Waals surface area contributed by atoms with Gasteiger partial charge in [-0.05, 0) is 23.8 Å². The molecule has 0 aromatic heterocycles. The molecular weight excluding hydrogens is 378 g/mol. The summed E-state index contributed by atoms with van der Waals surface area (Å²) in [5, 5.41) is 3.29. The SMILES string of the molecule is O=C(NCCC#Cc1cc(Cl)cc(Br)c1)OCc1ccccc1. The molecule has 2 aromatic carbocycles. The van der Waals surface area contributed by atoms with Gasteiger partial charge in [0.1, 0.15) is 6.61 Å². The first-order chi connectivity index (χ1) is 11.1. The first-order valence-electron chi connectivity index (χ1n) is 7.03. The van der Waals surface area contributed by atoms with Crippen molar-refractivity contribution in [3.63, 3.8) is 0 Å². The van der Waals surface area contributed by atoms with Crippen LogP contribution in [0.4, 0.5) is 4.79 Å². The van der Waals surface area contributed by atoms with Gasteiger partial charge in [-0.3, -0.25) is 0 Å². The van der Waals surface area contributed by atoms with E-state index in [0.717, 1.165) is 15.6 Å². The van der Waals surface area contributed by atoms with Crippen molar-refractivity contribution in [3.05, 3.63) is 69.2 Å². The molecule has 0 heterocycles. The van der Waals surface area contributed by atoms with E-state index in [9.17, 15) is 4.79 Å². The molecular formula is C18H15BrClNO2. The Labute approximate surface area is 149 Å². The summed E-state index contributed by atoms with van der Waals surface area (Å²) in [4.78, 5) is 11.5. The topological polar surface area (TPSA) is 38.3 Å². The zero-order valence-electron chi connectivity index (χ0n) is 12.3. The van der Waals surface area contributed by atoms with Crippen LogP contribution in [-0.2, 0) is 11.3 Å². The van der Waals surface area contributed by atoms with E-state index < -0.39 is 6.09 Å². The van der Waals surface area contributed by atoms with Crippen LogP contribution in [0.1, 0.15) is 17.5 Å². The number of ether oxygens (including phenoxy) is 1. The third kappa shape index (κ3) is 6.77. The number of halogens is 2. The number of rotatable bonds is 4. The lowest BCUT2D eigenvalue weighted by Crippen LogP contribution is -2.24. The number of hydrogen-bond donors (Lipinski definition) is 1. The zero-order chi connectivity index (χ0) is 16.5. The van der Waals surface area contributed by atoms with Crippen molar-refractivity contribution in [2.24, 2.45) is 0 Å². The van der Waals surface area contributed by atoms with Gasteiger partial charge in [-0.25, -0.2) is 4.79 Å². The highest BCUT2D eigenvalue weighted by molar-refractivity contribution is 9.10. The normalized spacial score (nSPS) is 9.65. The Hall–Kier alpha value is -1.96. The molecule has 0 atom stereocenters. The third-order valence-corrected chi connectivity index (χ3v) is 3.50. The van der Waals surface area contributed by atoms with Gasteiger partial charge in [-0.1, -0.05) is 69.7 Å². The second-order valence-electron chi connectivity index (χ2n) is 4.70. The van der Waals surface area contributed by atoms with Crippen molar-refractivity contribution in [1.82, 2.24) is 5.32 Å². The monoisotopic (exact) mass is 391 g/mol. The van der Waals surface area contributed by atoms with Crippen LogP contribution in [0, 0.1) is 11.8 Å². The van der Waals surface area contributed by atoms with E-state index in [1.165, 1.54) is 0 Å². The van der Waals surface area contributed by atoms with Crippen molar-refractivity contribution in [1.29, 1.82) is 0 Å². The minimum Gasteiger partial charge on any atom is -0.445 e. The molecule has 0 fully saturated rings. The lowest BCUT2D eigenvalue weighted by Gasteiger charge is -2.05. The molecule has 2 rings (SSSR count). The zero-order valence-corrected chi connectivity index (χ0v) is 14.7. The van der Waals surface area contributed by atoms with Crippen LogP contribution in [0.2, 0.25) is 5.02 Å². The molecule has 0 unspecified atom stereocenters. The highest BCUT2D eigenvalue weighted by Gasteiger charge is 2.00. The summed E-state index contributed by atoms with van der Waals surface area (Å²) in [6.07, 6.45) is 0.0889. The van der Waals surface area contributed by atoms with Crippen molar-refractivity contribution < 1.29 is 9.53 Å². The second kappa shape index (κ2) is 9.24. The van der Waals surface area contributed by atoms with Gasteiger partial charge in [-0.15, -0.1) is 0 Å². The lowest BCUT2D eigenvalue weighted by atomic mass is 10.2. The fraction of sp³-hybridized carbons (Fsp3) is 0.167. The van der Waals surface area contributed by atoms with Crippen molar-refractivity contribution in [2.45, 2.75) is 13.0 Å². The standard InChI is InChI=1S/C18H15BrClNO2/c19-16-10-15(11-17(20)12-16)8-4-5-9-21-18(22)23-13-14-6-2-1-3-7-14/h1-3,6-7,10-12H,5,9,13H2,(H,21,22). The van der Waals surface area contributed by atoms with Crippen LogP contribution in [0.25, 0.3) is 0 Å². The third-order valence-electron chi connectivity index (χ3n) is 2.83. The van der Waals surface area contributed by atoms with Crippen LogP contribution in [0.15, 0.2) is 53.0 Å². The summed E-state index contributed by atoms with van der Waals surface area (Å²) in [7, 11) is 0. The van der Waals surface area contributed by atoms with Crippen molar-refractivity contribution in [2.75, 3.05) is 6.54 Å². The van der Waals surface area contributed by atoms with Gasteiger partial charge in [0.05, 0.1) is 0 Å². The maximum absolute atomic E-state index is 11.5. The van der Waals surface area contributed by atoms with Crippen LogP contribution < -0.4 is 5.32 Å². The molecule has 2 aromatic rings. The summed E-state index contributed by atoms with van der Waals surface area (Å²) in [5.74, 6) is 5.99. The molecule has 118 valence electrons. The lowest BCUT2D eigenvalue weighted by molar-refractivity contribution is 0.140. The number of carbonyl (C=O) groups excluding carboxylic acids is 1. The van der Waals surface area contributed by atoms with Crippen molar-refractivity contribution in [3.8, 4) is 11.8 Å². The Balaban J connectivity index is 1.69. The van der Waals surface area contributed by atoms with Crippen LogP contribution >= 0.6 is 27.5 Å². The van der Waals surface area contributed by atoms with E-state index >= 15 is 0 Å². The molecule has 0 aliphatic rings. The Morgan fingerprint density at radius 1 is 1.22 bits per heavy atom. The predicted octanol–water partition coefficient (Wildman–Crippen LogP) is 4.77. The average molecular weight is 393 g/mol. The van der Waals surface area contributed by atoms with Gasteiger partial charge < -0.3 is 10.1 Å².